The fourth-order valence-electron chi connectivity index (χ4n) is 2.01. The van der Waals surface area contributed by atoms with Gasteiger partial charge in [0.05, 0.1) is 5.69 Å². The summed E-state index contributed by atoms with van der Waals surface area (Å²) in [5.74, 6) is -2.31. The van der Waals surface area contributed by atoms with Crippen LogP contribution in [0.3, 0.4) is 0 Å². The number of halogens is 3. The number of anilines is 1. The molecule has 0 N–H and O–H groups in total. The lowest BCUT2D eigenvalue weighted by molar-refractivity contribution is -0.117. The van der Waals surface area contributed by atoms with Gasteiger partial charge >= 0.3 is 0 Å². The van der Waals surface area contributed by atoms with E-state index in [0.717, 1.165) is 6.07 Å². The molecular weight excluding hydrogens is 278 g/mol. The van der Waals surface area contributed by atoms with Crippen LogP contribution in [0.25, 0.3) is 10.4 Å². The van der Waals surface area contributed by atoms with Crippen molar-refractivity contribution in [1.82, 2.24) is 0 Å². The first-order chi connectivity index (χ1) is 9.04. The van der Waals surface area contributed by atoms with Crippen LogP contribution in [0.5, 0.6) is 0 Å². The van der Waals surface area contributed by atoms with Crippen LogP contribution >= 0.6 is 11.6 Å². The highest BCUT2D eigenvalue weighted by molar-refractivity contribution is 6.31. The van der Waals surface area contributed by atoms with Crippen LogP contribution in [0.2, 0.25) is 5.02 Å². The molecule has 1 aliphatic rings. The summed E-state index contributed by atoms with van der Waals surface area (Å²) >= 11 is 5.47. The van der Waals surface area contributed by atoms with E-state index < -0.39 is 16.7 Å². The number of amides is 1. The van der Waals surface area contributed by atoms with Crippen LogP contribution in [-0.4, -0.2) is 19.0 Å². The third kappa shape index (κ3) is 2.62. The molecule has 0 bridgehead atoms. The first-order valence-corrected chi connectivity index (χ1v) is 5.87. The molecule has 1 amide bonds. The summed E-state index contributed by atoms with van der Waals surface area (Å²) in [6, 6.07) is 2.18. The SMILES string of the molecule is [N-]=[N+]=NCC1CC(=O)N(c2ccc(F)c(Cl)c2F)C1. The van der Waals surface area contributed by atoms with Gasteiger partial charge in [-0.05, 0) is 23.6 Å². The van der Waals surface area contributed by atoms with Crippen LogP contribution in [-0.2, 0) is 4.79 Å². The predicted molar refractivity (Wildman–Crippen MR) is 65.8 cm³/mol. The molecule has 1 atom stereocenters. The molecule has 1 unspecified atom stereocenters. The predicted octanol–water partition coefficient (Wildman–Crippen LogP) is 3.28. The lowest BCUT2D eigenvalue weighted by Crippen LogP contribution is -2.26. The maximum atomic E-state index is 13.8. The zero-order valence-corrected chi connectivity index (χ0v) is 10.4. The minimum Gasteiger partial charge on any atom is -0.309 e. The molecule has 0 aliphatic carbocycles. The summed E-state index contributed by atoms with van der Waals surface area (Å²) < 4.78 is 26.9. The van der Waals surface area contributed by atoms with Crippen molar-refractivity contribution in [2.45, 2.75) is 6.42 Å². The average Bonchev–Trinajstić information content (AvgIpc) is 2.75. The third-order valence-electron chi connectivity index (χ3n) is 2.91. The molecule has 5 nitrogen and oxygen atoms in total. The highest BCUT2D eigenvalue weighted by Gasteiger charge is 2.32. The lowest BCUT2D eigenvalue weighted by atomic mass is 10.1. The Bertz CT molecular complexity index is 574. The van der Waals surface area contributed by atoms with Crippen LogP contribution in [0, 0.1) is 17.6 Å². The number of nitrogens with zero attached hydrogens (tertiary/aromatic N) is 4. The molecule has 100 valence electrons. The Balaban J connectivity index is 2.26. The van der Waals surface area contributed by atoms with Gasteiger partial charge in [-0.25, -0.2) is 8.78 Å². The minimum absolute atomic E-state index is 0.0557. The van der Waals surface area contributed by atoms with Crippen molar-refractivity contribution in [3.05, 3.63) is 39.2 Å². The summed E-state index contributed by atoms with van der Waals surface area (Å²) in [6.45, 7) is 0.381. The Labute approximate surface area is 112 Å². The first kappa shape index (κ1) is 13.6. The summed E-state index contributed by atoms with van der Waals surface area (Å²) in [5, 5.41) is 2.76. The molecule has 1 aliphatic heterocycles. The number of benzene rings is 1. The van der Waals surface area contributed by atoms with Crippen molar-refractivity contribution < 1.29 is 13.6 Å². The van der Waals surface area contributed by atoms with Crippen LogP contribution < -0.4 is 4.90 Å². The molecule has 2 rings (SSSR count). The molecule has 1 saturated heterocycles. The van der Waals surface area contributed by atoms with Gasteiger partial charge in [0.15, 0.2) is 5.82 Å². The van der Waals surface area contributed by atoms with Crippen molar-refractivity contribution in [2.24, 2.45) is 11.0 Å². The fraction of sp³-hybridized carbons (Fsp3) is 0.364. The molecule has 1 aromatic carbocycles. The van der Waals surface area contributed by atoms with Gasteiger partial charge in [-0.2, -0.15) is 0 Å². The van der Waals surface area contributed by atoms with Gasteiger partial charge in [0.2, 0.25) is 5.91 Å². The Hall–Kier alpha value is -1.85. The van der Waals surface area contributed by atoms with Crippen LogP contribution in [0.15, 0.2) is 17.2 Å². The van der Waals surface area contributed by atoms with Crippen molar-refractivity contribution in [3.8, 4) is 0 Å². The van der Waals surface area contributed by atoms with Crippen molar-refractivity contribution in [3.63, 3.8) is 0 Å². The monoisotopic (exact) mass is 286 g/mol. The maximum Gasteiger partial charge on any atom is 0.227 e. The summed E-state index contributed by atoms with van der Waals surface area (Å²) in [4.78, 5) is 15.6. The Morgan fingerprint density at radius 2 is 2.26 bits per heavy atom. The molecule has 8 heteroatoms. The third-order valence-corrected chi connectivity index (χ3v) is 3.26. The van der Waals surface area contributed by atoms with E-state index in [1.807, 2.05) is 0 Å². The molecule has 1 fully saturated rings. The largest absolute Gasteiger partial charge is 0.309 e. The number of hydrogen-bond donors (Lipinski definition) is 0. The van der Waals surface area contributed by atoms with Gasteiger partial charge in [-0.15, -0.1) is 0 Å². The molecular formula is C11H9ClF2N4O. The van der Waals surface area contributed by atoms with Gasteiger partial charge in [-0.1, -0.05) is 16.7 Å². The fourth-order valence-corrected chi connectivity index (χ4v) is 2.17. The summed E-state index contributed by atoms with van der Waals surface area (Å²) in [7, 11) is 0. The number of carbonyl (C=O) groups is 1. The van der Waals surface area contributed by atoms with E-state index in [9.17, 15) is 13.6 Å². The summed E-state index contributed by atoms with van der Waals surface area (Å²) in [6.07, 6.45) is 0.160. The average molecular weight is 287 g/mol. The van der Waals surface area contributed by atoms with Gasteiger partial charge in [0, 0.05) is 24.4 Å². The quantitative estimate of drug-likeness (QED) is 0.364. The van der Waals surface area contributed by atoms with E-state index in [0.29, 0.717) is 0 Å². The van der Waals surface area contributed by atoms with E-state index in [2.05, 4.69) is 10.0 Å². The maximum absolute atomic E-state index is 13.8. The van der Waals surface area contributed by atoms with Crippen LogP contribution in [0.4, 0.5) is 14.5 Å². The second kappa shape index (κ2) is 5.42. The Kier molecular flexibility index (Phi) is 3.87. The molecule has 1 aromatic rings. The molecule has 19 heavy (non-hydrogen) atoms. The van der Waals surface area contributed by atoms with E-state index in [1.165, 1.54) is 11.0 Å². The van der Waals surface area contributed by atoms with Crippen LogP contribution in [0.1, 0.15) is 6.42 Å². The Morgan fingerprint density at radius 1 is 1.53 bits per heavy atom. The number of azide groups is 1. The molecule has 0 spiro atoms. The van der Waals surface area contributed by atoms with Gasteiger partial charge in [0.25, 0.3) is 0 Å². The van der Waals surface area contributed by atoms with Crippen molar-refractivity contribution in [1.29, 1.82) is 0 Å². The summed E-state index contributed by atoms with van der Waals surface area (Å²) in [5.41, 5.74) is 8.17. The normalized spacial score (nSPS) is 18.6. The second-order valence-corrected chi connectivity index (χ2v) is 4.56. The standard InChI is InChI=1S/C11H9ClF2N4O/c12-10-7(13)1-2-8(11(10)14)18-5-6(3-9(18)19)4-16-17-15/h1-2,6H,3-5H2. The van der Waals surface area contributed by atoms with E-state index >= 15 is 0 Å². The first-order valence-electron chi connectivity index (χ1n) is 5.49. The van der Waals surface area contributed by atoms with E-state index in [4.69, 9.17) is 17.1 Å². The topological polar surface area (TPSA) is 69.1 Å². The van der Waals surface area contributed by atoms with Gasteiger partial charge < -0.3 is 4.90 Å². The number of hydrogen-bond acceptors (Lipinski definition) is 2. The molecule has 0 saturated carbocycles. The zero-order chi connectivity index (χ0) is 14.0. The van der Waals surface area contributed by atoms with E-state index in [-0.39, 0.29) is 37.0 Å². The molecule has 1 heterocycles. The van der Waals surface area contributed by atoms with Gasteiger partial charge in [-0.3, -0.25) is 4.79 Å². The smallest absolute Gasteiger partial charge is 0.227 e. The molecule has 0 aromatic heterocycles. The number of rotatable bonds is 3. The van der Waals surface area contributed by atoms with E-state index in [1.54, 1.807) is 0 Å². The molecule has 0 radical (unpaired) electrons. The zero-order valence-electron chi connectivity index (χ0n) is 9.68. The Morgan fingerprint density at radius 3 is 2.95 bits per heavy atom. The minimum atomic E-state index is -0.959. The second-order valence-electron chi connectivity index (χ2n) is 4.18. The van der Waals surface area contributed by atoms with Crippen molar-refractivity contribution in [2.75, 3.05) is 18.0 Å². The lowest BCUT2D eigenvalue weighted by Gasteiger charge is -2.17. The highest BCUT2D eigenvalue weighted by atomic mass is 35.5. The van der Waals surface area contributed by atoms with Gasteiger partial charge in [0.1, 0.15) is 10.8 Å². The van der Waals surface area contributed by atoms with Crippen molar-refractivity contribution >= 4 is 23.2 Å². The number of carbonyl (C=O) groups excluding carboxylic acids is 1. The highest BCUT2D eigenvalue weighted by Crippen LogP contribution is 2.32.